The molecule has 0 saturated carbocycles. The highest BCUT2D eigenvalue weighted by molar-refractivity contribution is 6.29. The number of rotatable bonds is 6. The number of alkyl halides is 1. The highest BCUT2D eigenvalue weighted by atomic mass is 35.5. The summed E-state index contributed by atoms with van der Waals surface area (Å²) in [5.74, 6) is -0.246. The molecule has 0 radical (unpaired) electrons. The van der Waals surface area contributed by atoms with Gasteiger partial charge in [0.15, 0.2) is 0 Å². The Labute approximate surface area is 107 Å². The summed E-state index contributed by atoms with van der Waals surface area (Å²) in [5.41, 5.74) is 2.91. The molecule has 1 aromatic rings. The van der Waals surface area contributed by atoms with Crippen molar-refractivity contribution >= 4 is 23.2 Å². The van der Waals surface area contributed by atoms with E-state index in [1.165, 1.54) is 0 Å². The second-order valence-electron chi connectivity index (χ2n) is 3.62. The van der Waals surface area contributed by atoms with E-state index < -0.39 is 0 Å². The van der Waals surface area contributed by atoms with Gasteiger partial charge in [-0.1, -0.05) is 30.4 Å². The second-order valence-corrected chi connectivity index (χ2v) is 3.89. The molecule has 0 aliphatic carbocycles. The van der Waals surface area contributed by atoms with E-state index in [4.69, 9.17) is 11.6 Å². The molecule has 2 nitrogen and oxygen atoms in total. The Morgan fingerprint density at radius 1 is 1.24 bits per heavy atom. The van der Waals surface area contributed by atoms with Gasteiger partial charge >= 0.3 is 0 Å². The molecule has 0 fully saturated rings. The monoisotopic (exact) mass is 249 g/mol. The molecule has 1 N–H and O–H groups in total. The predicted molar refractivity (Wildman–Crippen MR) is 73.6 cm³/mol. The lowest BCUT2D eigenvalue weighted by atomic mass is 10.0. The summed E-state index contributed by atoms with van der Waals surface area (Å²) in [6.07, 6.45) is 5.04. The van der Waals surface area contributed by atoms with Crippen LogP contribution in [0.3, 0.4) is 0 Å². The van der Waals surface area contributed by atoms with Crippen LogP contribution in [0.2, 0.25) is 0 Å². The SMILES string of the molecule is C=CCc1cccc(CC=C)c1NC(=O)CCl. The van der Waals surface area contributed by atoms with Crippen LogP contribution in [0.15, 0.2) is 43.5 Å². The first kappa shape index (κ1) is 13.5. The van der Waals surface area contributed by atoms with Crippen LogP contribution in [0.4, 0.5) is 5.69 Å². The van der Waals surface area contributed by atoms with Crippen LogP contribution >= 0.6 is 11.6 Å². The number of amides is 1. The molecule has 0 unspecified atom stereocenters. The number of carbonyl (C=O) groups is 1. The fourth-order valence-electron chi connectivity index (χ4n) is 1.64. The Bertz CT molecular complexity index is 398. The van der Waals surface area contributed by atoms with Gasteiger partial charge in [-0.15, -0.1) is 24.8 Å². The number of anilines is 1. The molecule has 90 valence electrons. The molecule has 3 heteroatoms. The summed E-state index contributed by atoms with van der Waals surface area (Å²) < 4.78 is 0. The minimum atomic E-state index is -0.200. The Morgan fingerprint density at radius 3 is 2.18 bits per heavy atom. The number of halogens is 1. The quantitative estimate of drug-likeness (QED) is 0.608. The number of para-hydroxylation sites is 1. The van der Waals surface area contributed by atoms with Gasteiger partial charge in [-0.05, 0) is 24.0 Å². The van der Waals surface area contributed by atoms with Crippen LogP contribution in [0.25, 0.3) is 0 Å². The standard InChI is InChI=1S/C14H16ClNO/c1-3-6-11-8-5-9-12(7-4-2)14(11)16-13(17)10-15/h3-5,8-9H,1-2,6-7,10H2,(H,16,17). The lowest BCUT2D eigenvalue weighted by Crippen LogP contribution is -2.15. The Hall–Kier alpha value is -1.54. The molecule has 0 aliphatic rings. The van der Waals surface area contributed by atoms with Crippen molar-refractivity contribution in [3.8, 4) is 0 Å². The Morgan fingerprint density at radius 2 is 1.76 bits per heavy atom. The van der Waals surface area contributed by atoms with Gasteiger partial charge in [-0.3, -0.25) is 4.79 Å². The highest BCUT2D eigenvalue weighted by Gasteiger charge is 2.09. The minimum Gasteiger partial charge on any atom is -0.325 e. The van der Waals surface area contributed by atoms with Crippen LogP contribution in [0, 0.1) is 0 Å². The molecule has 0 spiro atoms. The Balaban J connectivity index is 3.12. The molecule has 1 aromatic carbocycles. The van der Waals surface area contributed by atoms with Crippen molar-refractivity contribution in [3.63, 3.8) is 0 Å². The van der Waals surface area contributed by atoms with Gasteiger partial charge in [0.25, 0.3) is 0 Å². The van der Waals surface area contributed by atoms with E-state index in [2.05, 4.69) is 18.5 Å². The van der Waals surface area contributed by atoms with E-state index in [-0.39, 0.29) is 11.8 Å². The fourth-order valence-corrected chi connectivity index (χ4v) is 1.70. The van der Waals surface area contributed by atoms with Gasteiger partial charge in [0.05, 0.1) is 0 Å². The van der Waals surface area contributed by atoms with Gasteiger partial charge in [-0.2, -0.15) is 0 Å². The molecule has 17 heavy (non-hydrogen) atoms. The molecule has 0 aromatic heterocycles. The van der Waals surface area contributed by atoms with Crippen molar-refractivity contribution in [2.75, 3.05) is 11.2 Å². The normalized spacial score (nSPS) is 9.71. The highest BCUT2D eigenvalue weighted by Crippen LogP contribution is 2.23. The summed E-state index contributed by atoms with van der Waals surface area (Å²) >= 11 is 5.51. The van der Waals surface area contributed by atoms with E-state index in [0.29, 0.717) is 12.8 Å². The van der Waals surface area contributed by atoms with Gasteiger partial charge in [0.2, 0.25) is 5.91 Å². The molecule has 1 rings (SSSR count). The van der Waals surface area contributed by atoms with Crippen molar-refractivity contribution in [2.45, 2.75) is 12.8 Å². The number of nitrogens with one attached hydrogen (secondary N) is 1. The van der Waals surface area contributed by atoms with Crippen LogP contribution in [-0.4, -0.2) is 11.8 Å². The van der Waals surface area contributed by atoms with E-state index in [0.717, 1.165) is 16.8 Å². The third-order valence-corrected chi connectivity index (χ3v) is 2.59. The first-order chi connectivity index (χ1) is 8.22. The molecule has 1 amide bonds. The maximum atomic E-state index is 11.4. The van der Waals surface area contributed by atoms with Gasteiger partial charge in [0, 0.05) is 5.69 Å². The number of carbonyl (C=O) groups excluding carboxylic acids is 1. The molecule has 0 aliphatic heterocycles. The molecular weight excluding hydrogens is 234 g/mol. The van der Waals surface area contributed by atoms with Crippen molar-refractivity contribution in [1.82, 2.24) is 0 Å². The lowest BCUT2D eigenvalue weighted by molar-refractivity contribution is -0.113. The first-order valence-electron chi connectivity index (χ1n) is 5.41. The first-order valence-corrected chi connectivity index (χ1v) is 5.94. The van der Waals surface area contributed by atoms with Crippen molar-refractivity contribution in [3.05, 3.63) is 54.6 Å². The van der Waals surface area contributed by atoms with E-state index in [9.17, 15) is 4.79 Å². The molecular formula is C14H16ClNO. The largest absolute Gasteiger partial charge is 0.325 e. The van der Waals surface area contributed by atoms with E-state index in [1.54, 1.807) is 0 Å². The summed E-state index contributed by atoms with van der Waals surface area (Å²) in [6, 6.07) is 5.91. The number of benzene rings is 1. The van der Waals surface area contributed by atoms with Crippen molar-refractivity contribution in [2.24, 2.45) is 0 Å². The Kier molecular flexibility index (Phi) is 5.50. The van der Waals surface area contributed by atoms with E-state index in [1.807, 2.05) is 30.4 Å². The van der Waals surface area contributed by atoms with Crippen LogP contribution in [0.5, 0.6) is 0 Å². The summed E-state index contributed by atoms with van der Waals surface area (Å²) in [6.45, 7) is 7.43. The van der Waals surface area contributed by atoms with Crippen molar-refractivity contribution in [1.29, 1.82) is 0 Å². The third-order valence-electron chi connectivity index (χ3n) is 2.35. The van der Waals surface area contributed by atoms with Crippen LogP contribution < -0.4 is 5.32 Å². The molecule has 0 heterocycles. The molecule has 0 saturated heterocycles. The zero-order valence-electron chi connectivity index (χ0n) is 9.71. The number of hydrogen-bond donors (Lipinski definition) is 1. The van der Waals surface area contributed by atoms with Crippen molar-refractivity contribution < 1.29 is 4.79 Å². The predicted octanol–water partition coefficient (Wildman–Crippen LogP) is 3.32. The average Bonchev–Trinajstić information content (AvgIpc) is 2.33. The number of hydrogen-bond acceptors (Lipinski definition) is 1. The minimum absolute atomic E-state index is 0.0457. The van der Waals surface area contributed by atoms with Crippen LogP contribution in [0.1, 0.15) is 11.1 Å². The van der Waals surface area contributed by atoms with Crippen LogP contribution in [-0.2, 0) is 17.6 Å². The smallest absolute Gasteiger partial charge is 0.239 e. The van der Waals surface area contributed by atoms with E-state index >= 15 is 0 Å². The zero-order chi connectivity index (χ0) is 12.7. The average molecular weight is 250 g/mol. The fraction of sp³-hybridized carbons (Fsp3) is 0.214. The zero-order valence-corrected chi connectivity index (χ0v) is 10.5. The van der Waals surface area contributed by atoms with Gasteiger partial charge in [-0.25, -0.2) is 0 Å². The molecule has 0 bridgehead atoms. The third kappa shape index (κ3) is 3.75. The summed E-state index contributed by atoms with van der Waals surface area (Å²) in [5, 5.41) is 2.83. The second kappa shape index (κ2) is 6.92. The lowest BCUT2D eigenvalue weighted by Gasteiger charge is -2.13. The van der Waals surface area contributed by atoms with Gasteiger partial charge < -0.3 is 5.32 Å². The maximum Gasteiger partial charge on any atom is 0.239 e. The molecule has 0 atom stereocenters. The van der Waals surface area contributed by atoms with Gasteiger partial charge in [0.1, 0.15) is 5.88 Å². The number of allylic oxidation sites excluding steroid dienone is 2. The summed E-state index contributed by atoms with van der Waals surface area (Å²) in [7, 11) is 0. The summed E-state index contributed by atoms with van der Waals surface area (Å²) in [4.78, 5) is 11.4. The maximum absolute atomic E-state index is 11.4. The topological polar surface area (TPSA) is 29.1 Å².